The fourth-order valence-corrected chi connectivity index (χ4v) is 2.92. The van der Waals surface area contributed by atoms with Crippen LogP contribution in [0, 0.1) is 5.92 Å². The molecule has 3 N–H and O–H groups in total. The third kappa shape index (κ3) is 4.00. The predicted octanol–water partition coefficient (Wildman–Crippen LogP) is 3.19. The number of nitrogens with zero attached hydrogens (tertiary/aromatic N) is 1. The predicted molar refractivity (Wildman–Crippen MR) is 78.8 cm³/mol. The smallest absolute Gasteiger partial charge is 0.321 e. The molecule has 4 nitrogen and oxygen atoms in total. The molecule has 0 spiro atoms. The standard InChI is InChI=1S/C13H17Cl2N3O/c1-8-2-11(16)7-18(6-8)13(19)17-12-4-9(14)3-10(15)5-12/h3-5,8,11H,2,6-7,16H2,1H3,(H,17,19). The third-order valence-corrected chi connectivity index (χ3v) is 3.53. The van der Waals surface area contributed by atoms with E-state index in [0.717, 1.165) is 6.42 Å². The summed E-state index contributed by atoms with van der Waals surface area (Å²) in [6.07, 6.45) is 0.951. The van der Waals surface area contributed by atoms with Crippen LogP contribution in [0.5, 0.6) is 0 Å². The average Bonchev–Trinajstić information content (AvgIpc) is 2.25. The summed E-state index contributed by atoms with van der Waals surface area (Å²) < 4.78 is 0. The normalized spacial score (nSPS) is 23.3. The lowest BCUT2D eigenvalue weighted by molar-refractivity contribution is 0.172. The van der Waals surface area contributed by atoms with Crippen molar-refractivity contribution in [2.75, 3.05) is 18.4 Å². The van der Waals surface area contributed by atoms with Crippen molar-refractivity contribution in [1.82, 2.24) is 4.90 Å². The highest BCUT2D eigenvalue weighted by Crippen LogP contribution is 2.23. The van der Waals surface area contributed by atoms with E-state index in [1.807, 2.05) is 0 Å². The van der Waals surface area contributed by atoms with Crippen LogP contribution in [0.3, 0.4) is 0 Å². The molecule has 1 aliphatic rings. The van der Waals surface area contributed by atoms with E-state index in [2.05, 4.69) is 12.2 Å². The molecule has 0 radical (unpaired) electrons. The van der Waals surface area contributed by atoms with Crippen LogP contribution in [0.1, 0.15) is 13.3 Å². The monoisotopic (exact) mass is 301 g/mol. The van der Waals surface area contributed by atoms with Crippen LogP contribution in [0.2, 0.25) is 10.0 Å². The van der Waals surface area contributed by atoms with Gasteiger partial charge in [0.1, 0.15) is 0 Å². The van der Waals surface area contributed by atoms with Crippen LogP contribution in [0.15, 0.2) is 18.2 Å². The number of halogens is 2. The molecule has 0 aliphatic carbocycles. The second-order valence-electron chi connectivity index (χ2n) is 5.09. The molecule has 1 aromatic rings. The maximum Gasteiger partial charge on any atom is 0.321 e. The summed E-state index contributed by atoms with van der Waals surface area (Å²) in [5, 5.41) is 3.78. The quantitative estimate of drug-likeness (QED) is 0.837. The molecule has 2 amide bonds. The molecular weight excluding hydrogens is 285 g/mol. The molecule has 0 aromatic heterocycles. The lowest BCUT2D eigenvalue weighted by Crippen LogP contribution is -2.50. The first-order chi connectivity index (χ1) is 8.94. The lowest BCUT2D eigenvalue weighted by Gasteiger charge is -2.34. The van der Waals surface area contributed by atoms with E-state index >= 15 is 0 Å². The largest absolute Gasteiger partial charge is 0.326 e. The lowest BCUT2D eigenvalue weighted by atomic mass is 9.97. The van der Waals surface area contributed by atoms with E-state index < -0.39 is 0 Å². The van der Waals surface area contributed by atoms with Gasteiger partial charge in [-0.3, -0.25) is 0 Å². The Labute approximate surface area is 122 Å². The second-order valence-corrected chi connectivity index (χ2v) is 5.97. The van der Waals surface area contributed by atoms with Gasteiger partial charge in [-0.25, -0.2) is 4.79 Å². The molecule has 2 unspecified atom stereocenters. The zero-order valence-electron chi connectivity index (χ0n) is 10.7. The number of urea groups is 1. The van der Waals surface area contributed by atoms with Crippen LogP contribution in [-0.4, -0.2) is 30.1 Å². The number of anilines is 1. The number of carbonyl (C=O) groups is 1. The molecule has 1 aliphatic heterocycles. The van der Waals surface area contributed by atoms with Crippen LogP contribution in [0.4, 0.5) is 10.5 Å². The van der Waals surface area contributed by atoms with Crippen LogP contribution >= 0.6 is 23.2 Å². The Balaban J connectivity index is 2.04. The van der Waals surface area contributed by atoms with Crippen molar-refractivity contribution >= 4 is 34.9 Å². The first kappa shape index (κ1) is 14.4. The summed E-state index contributed by atoms with van der Waals surface area (Å²) in [5.74, 6) is 0.414. The van der Waals surface area contributed by atoms with Crippen LogP contribution < -0.4 is 11.1 Å². The van der Waals surface area contributed by atoms with Crippen molar-refractivity contribution in [1.29, 1.82) is 0 Å². The number of amides is 2. The molecule has 19 heavy (non-hydrogen) atoms. The van der Waals surface area contributed by atoms with Gasteiger partial charge in [0.15, 0.2) is 0 Å². The molecule has 0 bridgehead atoms. The van der Waals surface area contributed by atoms with Gasteiger partial charge in [-0.15, -0.1) is 0 Å². The van der Waals surface area contributed by atoms with Crippen molar-refractivity contribution < 1.29 is 4.79 Å². The molecule has 2 atom stereocenters. The number of piperidine rings is 1. The number of hydrogen-bond donors (Lipinski definition) is 2. The molecule has 1 heterocycles. The number of nitrogens with two attached hydrogens (primary N) is 1. The second kappa shape index (κ2) is 5.99. The Morgan fingerprint density at radius 3 is 2.53 bits per heavy atom. The summed E-state index contributed by atoms with van der Waals surface area (Å²) in [7, 11) is 0. The molecule has 104 valence electrons. The summed E-state index contributed by atoms with van der Waals surface area (Å²) in [4.78, 5) is 13.9. The highest BCUT2D eigenvalue weighted by molar-refractivity contribution is 6.35. The number of carbonyl (C=O) groups excluding carboxylic acids is 1. The molecule has 1 aromatic carbocycles. The number of nitrogens with one attached hydrogen (secondary N) is 1. The minimum absolute atomic E-state index is 0.0393. The van der Waals surface area contributed by atoms with Gasteiger partial charge < -0.3 is 16.0 Å². The zero-order valence-corrected chi connectivity index (χ0v) is 12.2. The van der Waals surface area contributed by atoms with Crippen molar-refractivity contribution in [2.45, 2.75) is 19.4 Å². The first-order valence-corrected chi connectivity index (χ1v) is 6.97. The molecule has 2 rings (SSSR count). The summed E-state index contributed by atoms with van der Waals surface area (Å²) in [6.45, 7) is 3.38. The van der Waals surface area contributed by atoms with Gasteiger partial charge in [0.05, 0.1) is 0 Å². The Hall–Kier alpha value is -0.970. The summed E-state index contributed by atoms with van der Waals surface area (Å²) in [5.41, 5.74) is 6.52. The van der Waals surface area contributed by atoms with Crippen LogP contribution in [-0.2, 0) is 0 Å². The number of rotatable bonds is 1. The summed E-state index contributed by atoms with van der Waals surface area (Å²) >= 11 is 11.8. The average molecular weight is 302 g/mol. The fraction of sp³-hybridized carbons (Fsp3) is 0.462. The van der Waals surface area contributed by atoms with Gasteiger partial charge in [0.2, 0.25) is 0 Å². The van der Waals surface area contributed by atoms with Crippen molar-refractivity contribution in [3.8, 4) is 0 Å². The highest BCUT2D eigenvalue weighted by atomic mass is 35.5. The topological polar surface area (TPSA) is 58.4 Å². The van der Waals surface area contributed by atoms with E-state index in [1.54, 1.807) is 23.1 Å². The maximum absolute atomic E-state index is 12.2. The minimum Gasteiger partial charge on any atom is -0.326 e. The SMILES string of the molecule is CC1CC(N)CN(C(=O)Nc2cc(Cl)cc(Cl)c2)C1. The number of benzene rings is 1. The Morgan fingerprint density at radius 1 is 1.32 bits per heavy atom. The van der Waals surface area contributed by atoms with Gasteiger partial charge in [0, 0.05) is 34.9 Å². The van der Waals surface area contributed by atoms with E-state index in [1.165, 1.54) is 0 Å². The highest BCUT2D eigenvalue weighted by Gasteiger charge is 2.25. The van der Waals surface area contributed by atoms with E-state index in [-0.39, 0.29) is 12.1 Å². The van der Waals surface area contributed by atoms with E-state index in [4.69, 9.17) is 28.9 Å². The molecule has 6 heteroatoms. The third-order valence-electron chi connectivity index (χ3n) is 3.09. The van der Waals surface area contributed by atoms with E-state index in [9.17, 15) is 4.79 Å². The fourth-order valence-electron chi connectivity index (χ4n) is 2.39. The Kier molecular flexibility index (Phi) is 4.55. The zero-order chi connectivity index (χ0) is 14.0. The first-order valence-electron chi connectivity index (χ1n) is 6.21. The minimum atomic E-state index is -0.166. The molecule has 0 saturated carbocycles. The molecule has 1 saturated heterocycles. The molecule has 1 fully saturated rings. The van der Waals surface area contributed by atoms with Crippen molar-refractivity contribution in [3.05, 3.63) is 28.2 Å². The van der Waals surface area contributed by atoms with Crippen molar-refractivity contribution in [3.63, 3.8) is 0 Å². The molecular formula is C13H17Cl2N3O. The number of likely N-dealkylation sites (tertiary alicyclic amines) is 1. The van der Waals surface area contributed by atoms with Gasteiger partial charge in [-0.2, -0.15) is 0 Å². The maximum atomic E-state index is 12.2. The van der Waals surface area contributed by atoms with Gasteiger partial charge in [-0.05, 0) is 30.5 Å². The van der Waals surface area contributed by atoms with E-state index in [0.29, 0.717) is 34.7 Å². The summed E-state index contributed by atoms with van der Waals surface area (Å²) in [6, 6.07) is 4.83. The van der Waals surface area contributed by atoms with Gasteiger partial charge in [0.25, 0.3) is 0 Å². The Bertz CT molecular complexity index is 451. The Morgan fingerprint density at radius 2 is 1.95 bits per heavy atom. The van der Waals surface area contributed by atoms with Gasteiger partial charge in [-0.1, -0.05) is 30.1 Å². The number of hydrogen-bond acceptors (Lipinski definition) is 2. The van der Waals surface area contributed by atoms with Crippen LogP contribution in [0.25, 0.3) is 0 Å². The van der Waals surface area contributed by atoms with Gasteiger partial charge >= 0.3 is 6.03 Å². The van der Waals surface area contributed by atoms with Crippen molar-refractivity contribution in [2.24, 2.45) is 11.7 Å².